The Morgan fingerprint density at radius 1 is 1.45 bits per heavy atom. The zero-order valence-corrected chi connectivity index (χ0v) is 16.7. The molecule has 2 heterocycles. The monoisotopic (exact) mass is 441 g/mol. The van der Waals surface area contributed by atoms with E-state index >= 15 is 0 Å². The number of hydrogen-bond donors (Lipinski definition) is 2. The van der Waals surface area contributed by atoms with Gasteiger partial charge in [-0.3, -0.25) is 0 Å². The highest BCUT2D eigenvalue weighted by atomic mass is 35.5. The van der Waals surface area contributed by atoms with Gasteiger partial charge in [0.15, 0.2) is 5.03 Å². The predicted molar refractivity (Wildman–Crippen MR) is 100 cm³/mol. The molecule has 1 fully saturated rings. The topological polar surface area (TPSA) is 124 Å². The van der Waals surface area contributed by atoms with Gasteiger partial charge in [-0.2, -0.15) is 9.57 Å². The maximum absolute atomic E-state index is 13.9. The van der Waals surface area contributed by atoms with Gasteiger partial charge in [0, 0.05) is 18.8 Å². The Morgan fingerprint density at radius 3 is 2.72 bits per heavy atom. The minimum Gasteiger partial charge on any atom is -0.486 e. The summed E-state index contributed by atoms with van der Waals surface area (Å²) >= 11 is 5.74. The highest BCUT2D eigenvalue weighted by molar-refractivity contribution is 7.89. The molecule has 2 N–H and O–H groups in total. The first-order valence-electron chi connectivity index (χ1n) is 8.46. The van der Waals surface area contributed by atoms with Crippen LogP contribution in [0.25, 0.3) is 0 Å². The number of pyridine rings is 1. The van der Waals surface area contributed by atoms with Crippen LogP contribution in [0.15, 0.2) is 41.6 Å². The molecule has 0 bridgehead atoms. The van der Waals surface area contributed by atoms with Crippen molar-refractivity contribution in [3.05, 3.63) is 52.9 Å². The number of nitriles is 1. The molecule has 3 atom stereocenters. The van der Waals surface area contributed by atoms with E-state index < -0.39 is 40.2 Å². The van der Waals surface area contributed by atoms with Gasteiger partial charge in [-0.1, -0.05) is 11.6 Å². The second-order valence-corrected chi connectivity index (χ2v) is 8.96. The number of nitrogens with zero attached hydrogens (tertiary/aromatic N) is 3. The Hall–Kier alpha value is -2.29. The van der Waals surface area contributed by atoms with Crippen molar-refractivity contribution in [2.75, 3.05) is 13.1 Å². The van der Waals surface area contributed by atoms with Crippen molar-refractivity contribution >= 4 is 21.6 Å². The number of benzene rings is 1. The Bertz CT molecular complexity index is 1060. The first-order chi connectivity index (χ1) is 13.6. The van der Waals surface area contributed by atoms with E-state index in [1.165, 1.54) is 37.4 Å². The SMILES string of the molecule is C[C@@H](O)[C@]1(O)CN(S(=O)(=O)c2ccc(Cl)cn2)C[C@@H]1Oc1ccc(C#N)c(F)c1. The predicted octanol–water partition coefficient (Wildman–Crippen LogP) is 1.31. The molecule has 1 aromatic carbocycles. The van der Waals surface area contributed by atoms with Crippen LogP contribution in [0.1, 0.15) is 12.5 Å². The molecule has 3 rings (SSSR count). The van der Waals surface area contributed by atoms with Crippen molar-refractivity contribution in [3.63, 3.8) is 0 Å². The fourth-order valence-electron chi connectivity index (χ4n) is 2.99. The Balaban J connectivity index is 1.90. The number of aromatic nitrogens is 1. The standard InChI is InChI=1S/C18H17ClFN3O5S/c1-11(24)18(25)10-23(29(26,27)17-5-3-13(19)8-22-17)9-16(18)28-14-4-2-12(7-21)15(20)6-14/h2-6,8,11,16,24-25H,9-10H2,1H3/t11-,16+,18-/m1/s1. The molecule has 2 aromatic rings. The quantitative estimate of drug-likeness (QED) is 0.716. The fraction of sp³-hybridized carbons (Fsp3) is 0.333. The fourth-order valence-corrected chi connectivity index (χ4v) is 4.50. The van der Waals surface area contributed by atoms with Crippen molar-refractivity contribution in [1.82, 2.24) is 9.29 Å². The van der Waals surface area contributed by atoms with Gasteiger partial charge in [0.05, 0.1) is 23.2 Å². The van der Waals surface area contributed by atoms with Crippen molar-refractivity contribution in [1.29, 1.82) is 5.26 Å². The van der Waals surface area contributed by atoms with E-state index in [1.54, 1.807) is 6.07 Å². The van der Waals surface area contributed by atoms with E-state index in [1.807, 2.05) is 0 Å². The van der Waals surface area contributed by atoms with E-state index in [9.17, 15) is 23.0 Å². The largest absolute Gasteiger partial charge is 0.486 e. The molecule has 0 saturated carbocycles. The summed E-state index contributed by atoms with van der Waals surface area (Å²) in [6.45, 7) is 0.531. The minimum atomic E-state index is -4.11. The van der Waals surface area contributed by atoms with Gasteiger partial charge in [-0.05, 0) is 31.2 Å². The van der Waals surface area contributed by atoms with Crippen molar-refractivity contribution in [2.45, 2.75) is 29.8 Å². The van der Waals surface area contributed by atoms with Gasteiger partial charge in [0.2, 0.25) is 0 Å². The molecule has 0 aliphatic carbocycles. The Morgan fingerprint density at radius 2 is 2.17 bits per heavy atom. The zero-order valence-electron chi connectivity index (χ0n) is 15.2. The van der Waals surface area contributed by atoms with Crippen LogP contribution < -0.4 is 4.74 Å². The Kier molecular flexibility index (Phi) is 5.80. The third-order valence-electron chi connectivity index (χ3n) is 4.72. The molecule has 0 radical (unpaired) electrons. The third-order valence-corrected chi connectivity index (χ3v) is 6.68. The summed E-state index contributed by atoms with van der Waals surface area (Å²) in [7, 11) is -4.11. The lowest BCUT2D eigenvalue weighted by Gasteiger charge is -2.31. The van der Waals surface area contributed by atoms with Crippen LogP contribution >= 0.6 is 11.6 Å². The molecule has 0 amide bonds. The molecule has 8 nitrogen and oxygen atoms in total. The zero-order chi connectivity index (χ0) is 21.4. The lowest BCUT2D eigenvalue weighted by Crippen LogP contribution is -2.53. The summed E-state index contributed by atoms with van der Waals surface area (Å²) in [5.41, 5.74) is -2.14. The number of hydrogen-bond acceptors (Lipinski definition) is 7. The molecular weight excluding hydrogens is 425 g/mol. The molecule has 1 aliphatic heterocycles. The molecule has 1 aliphatic rings. The summed E-state index contributed by atoms with van der Waals surface area (Å²) < 4.78 is 46.1. The van der Waals surface area contributed by atoms with E-state index in [0.29, 0.717) is 0 Å². The summed E-state index contributed by atoms with van der Waals surface area (Å²) in [6.07, 6.45) is -1.37. The normalized spacial score (nSPS) is 23.5. The molecule has 154 valence electrons. The average molecular weight is 442 g/mol. The number of ether oxygens (including phenoxy) is 1. The number of halogens is 2. The molecule has 11 heteroatoms. The van der Waals surface area contributed by atoms with Gasteiger partial charge in [0.25, 0.3) is 10.0 Å². The first-order valence-corrected chi connectivity index (χ1v) is 10.3. The molecule has 1 aromatic heterocycles. The Labute approximate surface area is 171 Å². The number of rotatable bonds is 5. The third kappa shape index (κ3) is 4.05. The van der Waals surface area contributed by atoms with E-state index in [2.05, 4.69) is 4.98 Å². The van der Waals surface area contributed by atoms with Gasteiger partial charge in [-0.15, -0.1) is 0 Å². The van der Waals surface area contributed by atoms with Crippen LogP contribution in [-0.4, -0.2) is 58.8 Å². The van der Waals surface area contributed by atoms with E-state index in [-0.39, 0.29) is 27.9 Å². The second-order valence-electron chi connectivity index (χ2n) is 6.64. The van der Waals surface area contributed by atoms with Crippen LogP contribution in [0.2, 0.25) is 5.02 Å². The minimum absolute atomic E-state index is 0.0190. The molecule has 0 unspecified atom stereocenters. The van der Waals surface area contributed by atoms with Gasteiger partial charge in [0.1, 0.15) is 29.3 Å². The maximum Gasteiger partial charge on any atom is 0.260 e. The lowest BCUT2D eigenvalue weighted by molar-refractivity contribution is -0.104. The molecule has 29 heavy (non-hydrogen) atoms. The van der Waals surface area contributed by atoms with Gasteiger partial charge >= 0.3 is 0 Å². The van der Waals surface area contributed by atoms with Crippen molar-refractivity contribution in [3.8, 4) is 11.8 Å². The van der Waals surface area contributed by atoms with E-state index in [0.717, 1.165) is 10.4 Å². The maximum atomic E-state index is 13.9. The van der Waals surface area contributed by atoms with Crippen LogP contribution in [0, 0.1) is 17.1 Å². The molecule has 1 saturated heterocycles. The van der Waals surface area contributed by atoms with Crippen LogP contribution in [0.5, 0.6) is 5.75 Å². The van der Waals surface area contributed by atoms with Gasteiger partial charge in [-0.25, -0.2) is 17.8 Å². The summed E-state index contributed by atoms with van der Waals surface area (Å²) in [5.74, 6) is -0.840. The van der Waals surface area contributed by atoms with Gasteiger partial charge < -0.3 is 14.9 Å². The van der Waals surface area contributed by atoms with Crippen LogP contribution in [0.3, 0.4) is 0 Å². The lowest BCUT2D eigenvalue weighted by atomic mass is 9.94. The average Bonchev–Trinajstić information content (AvgIpc) is 3.01. The number of aliphatic hydroxyl groups excluding tert-OH is 1. The van der Waals surface area contributed by atoms with Crippen LogP contribution in [-0.2, 0) is 10.0 Å². The first kappa shape index (κ1) is 21.4. The number of sulfonamides is 1. The summed E-state index contributed by atoms with van der Waals surface area (Å²) in [5, 5.41) is 29.8. The summed E-state index contributed by atoms with van der Waals surface area (Å²) in [4.78, 5) is 3.80. The second kappa shape index (κ2) is 7.85. The van der Waals surface area contributed by atoms with Crippen molar-refractivity contribution < 1.29 is 27.8 Å². The molecular formula is C18H17ClFN3O5S. The molecule has 0 spiro atoms. The number of β-amino-alcohol motifs (C(OH)–C–C–N with tert-alkyl or cyclic N) is 1. The van der Waals surface area contributed by atoms with E-state index in [4.69, 9.17) is 21.6 Å². The number of aliphatic hydroxyl groups is 2. The van der Waals surface area contributed by atoms with Crippen molar-refractivity contribution in [2.24, 2.45) is 0 Å². The smallest absolute Gasteiger partial charge is 0.260 e. The highest BCUT2D eigenvalue weighted by Gasteiger charge is 2.54. The highest BCUT2D eigenvalue weighted by Crippen LogP contribution is 2.33. The summed E-state index contributed by atoms with van der Waals surface area (Å²) in [6, 6.07) is 7.75. The van der Waals surface area contributed by atoms with Crippen LogP contribution in [0.4, 0.5) is 4.39 Å².